The minimum Gasteiger partial charge on any atom is -0.489 e. The van der Waals surface area contributed by atoms with Gasteiger partial charge in [-0.3, -0.25) is 9.69 Å². The predicted molar refractivity (Wildman–Crippen MR) is 101 cm³/mol. The van der Waals surface area contributed by atoms with Crippen LogP contribution in [0.25, 0.3) is 0 Å². The Hall–Kier alpha value is -1.60. The zero-order valence-electron chi connectivity index (χ0n) is 15.7. The van der Waals surface area contributed by atoms with Crippen molar-refractivity contribution in [2.45, 2.75) is 56.6 Å². The molecule has 1 N–H and O–H groups in total. The Morgan fingerprint density at radius 1 is 1.38 bits per heavy atom. The molecule has 1 amide bonds. The van der Waals surface area contributed by atoms with Crippen LogP contribution in [0.4, 0.5) is 0 Å². The third-order valence-corrected chi connectivity index (χ3v) is 6.24. The number of amides is 1. The number of fused-ring (bicyclic) bond motifs is 1. The quantitative estimate of drug-likeness (QED) is 0.817. The first kappa shape index (κ1) is 19.2. The minimum absolute atomic E-state index is 0.0544. The highest BCUT2D eigenvalue weighted by atomic mass is 32.2. The summed E-state index contributed by atoms with van der Waals surface area (Å²) in [5.74, 6) is 0.267. The number of nitrogens with zero attached hydrogens (tertiary/aromatic N) is 1. The number of rotatable bonds is 6. The van der Waals surface area contributed by atoms with E-state index in [1.165, 1.54) is 6.07 Å². The molecule has 0 bridgehead atoms. The van der Waals surface area contributed by atoms with Crippen molar-refractivity contribution in [3.63, 3.8) is 0 Å². The van der Waals surface area contributed by atoms with E-state index in [2.05, 4.69) is 17.1 Å². The first-order valence-electron chi connectivity index (χ1n) is 9.35. The van der Waals surface area contributed by atoms with Crippen LogP contribution in [-0.2, 0) is 16.3 Å². The van der Waals surface area contributed by atoms with Crippen LogP contribution in [0.1, 0.15) is 49.0 Å². The number of benzene rings is 1. The lowest BCUT2D eigenvalue weighted by Gasteiger charge is -2.24. The lowest BCUT2D eigenvalue weighted by Crippen LogP contribution is -2.40. The van der Waals surface area contributed by atoms with E-state index in [1.54, 1.807) is 6.07 Å². The molecule has 2 atom stereocenters. The summed E-state index contributed by atoms with van der Waals surface area (Å²) in [7, 11) is -3.39. The highest BCUT2D eigenvalue weighted by Gasteiger charge is 2.29. The van der Waals surface area contributed by atoms with Crippen LogP contribution >= 0.6 is 0 Å². The summed E-state index contributed by atoms with van der Waals surface area (Å²) in [6.07, 6.45) is 5.05. The molecule has 2 aliphatic heterocycles. The van der Waals surface area contributed by atoms with Crippen LogP contribution < -0.4 is 10.1 Å². The Morgan fingerprint density at radius 2 is 2.15 bits per heavy atom. The van der Waals surface area contributed by atoms with Gasteiger partial charge in [-0.15, -0.1) is 0 Å². The SMILES string of the molecule is CCCN1CCCC1CNC(=O)c1cc(S(C)(=O)=O)cc2c1OC(C)C2. The molecule has 0 radical (unpaired) electrons. The Bertz CT molecular complexity index is 791. The topological polar surface area (TPSA) is 75.7 Å². The number of hydrogen-bond acceptors (Lipinski definition) is 5. The number of sulfone groups is 1. The predicted octanol–water partition coefficient (Wildman–Crippen LogP) is 2.02. The molecule has 7 heteroatoms. The Balaban J connectivity index is 1.80. The Kier molecular flexibility index (Phi) is 5.58. The van der Waals surface area contributed by atoms with E-state index < -0.39 is 9.84 Å². The molecule has 2 unspecified atom stereocenters. The van der Waals surface area contributed by atoms with Crippen LogP contribution in [0.3, 0.4) is 0 Å². The maximum absolute atomic E-state index is 12.8. The highest BCUT2D eigenvalue weighted by molar-refractivity contribution is 7.90. The molecule has 2 aliphatic rings. The molecule has 144 valence electrons. The van der Waals surface area contributed by atoms with Crippen molar-refractivity contribution < 1.29 is 17.9 Å². The maximum atomic E-state index is 12.8. The van der Waals surface area contributed by atoms with Gasteiger partial charge < -0.3 is 10.1 Å². The van der Waals surface area contributed by atoms with Crippen molar-refractivity contribution in [3.05, 3.63) is 23.3 Å². The van der Waals surface area contributed by atoms with Crippen LogP contribution in [0.2, 0.25) is 0 Å². The molecule has 0 saturated carbocycles. The fraction of sp³-hybridized carbons (Fsp3) is 0.632. The summed E-state index contributed by atoms with van der Waals surface area (Å²) in [5, 5.41) is 3.00. The van der Waals surface area contributed by atoms with Crippen LogP contribution in [0.15, 0.2) is 17.0 Å². The summed E-state index contributed by atoms with van der Waals surface area (Å²) in [5.41, 5.74) is 1.12. The van der Waals surface area contributed by atoms with Gasteiger partial charge in [-0.05, 0) is 57.0 Å². The maximum Gasteiger partial charge on any atom is 0.255 e. The second-order valence-corrected chi connectivity index (χ2v) is 9.42. The van der Waals surface area contributed by atoms with Gasteiger partial charge in [0.15, 0.2) is 9.84 Å². The van der Waals surface area contributed by atoms with E-state index in [0.717, 1.165) is 44.2 Å². The number of nitrogens with one attached hydrogen (secondary N) is 1. The average molecular weight is 381 g/mol. The molecule has 6 nitrogen and oxygen atoms in total. The van der Waals surface area contributed by atoms with Gasteiger partial charge in [0, 0.05) is 25.3 Å². The van der Waals surface area contributed by atoms with Crippen LogP contribution in [-0.4, -0.2) is 57.3 Å². The van der Waals surface area contributed by atoms with Gasteiger partial charge in [0.1, 0.15) is 11.9 Å². The largest absolute Gasteiger partial charge is 0.489 e. The minimum atomic E-state index is -3.39. The molecule has 0 aromatic heterocycles. The summed E-state index contributed by atoms with van der Waals surface area (Å²) >= 11 is 0. The van der Waals surface area contributed by atoms with Crippen molar-refractivity contribution in [1.82, 2.24) is 10.2 Å². The van der Waals surface area contributed by atoms with E-state index in [4.69, 9.17) is 4.74 Å². The normalized spacial score (nSPS) is 22.9. The van der Waals surface area contributed by atoms with Crippen molar-refractivity contribution in [3.8, 4) is 5.75 Å². The second-order valence-electron chi connectivity index (χ2n) is 7.41. The van der Waals surface area contributed by atoms with Gasteiger partial charge in [0.2, 0.25) is 0 Å². The summed E-state index contributed by atoms with van der Waals surface area (Å²) in [6, 6.07) is 3.43. The molecule has 2 heterocycles. The molecular weight excluding hydrogens is 352 g/mol. The van der Waals surface area contributed by atoms with Crippen molar-refractivity contribution in [2.24, 2.45) is 0 Å². The zero-order chi connectivity index (χ0) is 18.9. The molecule has 0 aliphatic carbocycles. The Morgan fingerprint density at radius 3 is 2.85 bits per heavy atom. The summed E-state index contributed by atoms with van der Waals surface area (Å²) in [6.45, 7) is 6.77. The van der Waals surface area contributed by atoms with E-state index in [1.807, 2.05) is 6.92 Å². The Labute approximate surface area is 155 Å². The summed E-state index contributed by atoms with van der Waals surface area (Å²) < 4.78 is 29.8. The van der Waals surface area contributed by atoms with Gasteiger partial charge in [-0.1, -0.05) is 6.92 Å². The highest BCUT2D eigenvalue weighted by Crippen LogP contribution is 2.35. The zero-order valence-corrected chi connectivity index (χ0v) is 16.6. The van der Waals surface area contributed by atoms with Gasteiger partial charge >= 0.3 is 0 Å². The smallest absolute Gasteiger partial charge is 0.255 e. The first-order chi connectivity index (χ1) is 12.3. The lowest BCUT2D eigenvalue weighted by molar-refractivity contribution is 0.0936. The molecule has 0 spiro atoms. The van der Waals surface area contributed by atoms with E-state index in [9.17, 15) is 13.2 Å². The number of ether oxygens (including phenoxy) is 1. The van der Waals surface area contributed by atoms with E-state index >= 15 is 0 Å². The molecule has 1 fully saturated rings. The first-order valence-corrected chi connectivity index (χ1v) is 11.2. The number of likely N-dealkylation sites (tertiary alicyclic amines) is 1. The molecule has 3 rings (SSSR count). The monoisotopic (exact) mass is 380 g/mol. The van der Waals surface area contributed by atoms with E-state index in [0.29, 0.717) is 30.3 Å². The number of carbonyl (C=O) groups excluding carboxylic acids is 1. The number of carbonyl (C=O) groups is 1. The van der Waals surface area contributed by atoms with Crippen LogP contribution in [0.5, 0.6) is 5.75 Å². The molecule has 1 saturated heterocycles. The fourth-order valence-electron chi connectivity index (χ4n) is 3.90. The molecular formula is C19H28N2O4S. The molecule has 1 aromatic carbocycles. The van der Waals surface area contributed by atoms with Gasteiger partial charge in [-0.2, -0.15) is 0 Å². The standard InChI is InChI=1S/C19H28N2O4S/c1-4-7-21-8-5-6-15(21)12-20-19(22)17-11-16(26(3,23)24)10-14-9-13(2)25-18(14)17/h10-11,13,15H,4-9,12H2,1-3H3,(H,20,22). The van der Waals surface area contributed by atoms with Gasteiger partial charge in [0.25, 0.3) is 5.91 Å². The molecule has 26 heavy (non-hydrogen) atoms. The third kappa shape index (κ3) is 4.04. The van der Waals surface area contributed by atoms with E-state index in [-0.39, 0.29) is 16.9 Å². The van der Waals surface area contributed by atoms with Crippen LogP contribution in [0, 0.1) is 0 Å². The lowest BCUT2D eigenvalue weighted by atomic mass is 10.1. The fourth-order valence-corrected chi connectivity index (χ4v) is 4.59. The second kappa shape index (κ2) is 7.56. The average Bonchev–Trinajstić information content (AvgIpc) is 3.16. The third-order valence-electron chi connectivity index (χ3n) is 5.15. The van der Waals surface area contributed by atoms with Gasteiger partial charge in [-0.25, -0.2) is 8.42 Å². The van der Waals surface area contributed by atoms with Crippen molar-refractivity contribution >= 4 is 15.7 Å². The van der Waals surface area contributed by atoms with Crippen molar-refractivity contribution in [2.75, 3.05) is 25.9 Å². The summed E-state index contributed by atoms with van der Waals surface area (Å²) in [4.78, 5) is 15.4. The molecule has 1 aromatic rings. The van der Waals surface area contributed by atoms with Gasteiger partial charge in [0.05, 0.1) is 10.5 Å². The number of hydrogen-bond donors (Lipinski definition) is 1. The van der Waals surface area contributed by atoms with Crippen molar-refractivity contribution in [1.29, 1.82) is 0 Å².